The lowest BCUT2D eigenvalue weighted by Gasteiger charge is -2.43. The number of sulfonamides is 1. The fourth-order valence-electron chi connectivity index (χ4n) is 3.16. The third-order valence-corrected chi connectivity index (χ3v) is 8.47. The van der Waals surface area contributed by atoms with Crippen LogP contribution in [0.4, 0.5) is 0 Å². The molecule has 3 heterocycles. The van der Waals surface area contributed by atoms with Crippen molar-refractivity contribution >= 4 is 37.3 Å². The molecule has 0 radical (unpaired) electrons. The number of thiophene rings is 1. The van der Waals surface area contributed by atoms with Crippen molar-refractivity contribution in [3.63, 3.8) is 0 Å². The van der Waals surface area contributed by atoms with Crippen molar-refractivity contribution in [2.75, 3.05) is 26.2 Å². The Balaban J connectivity index is 1.83. The maximum atomic E-state index is 12.9. The first kappa shape index (κ1) is 15.9. The topological polar surface area (TPSA) is 66.6 Å². The summed E-state index contributed by atoms with van der Waals surface area (Å²) in [4.78, 5) is 3.69. The van der Waals surface area contributed by atoms with Gasteiger partial charge in [0.15, 0.2) is 0 Å². The van der Waals surface area contributed by atoms with Gasteiger partial charge in [0, 0.05) is 37.1 Å². The van der Waals surface area contributed by atoms with E-state index in [1.807, 2.05) is 0 Å². The monoisotopic (exact) mass is 393 g/mol. The molecule has 8 heteroatoms. The molecular formula is C13H20BrN3O2S2. The summed E-state index contributed by atoms with van der Waals surface area (Å²) in [6, 6.07) is 2.09. The highest BCUT2D eigenvalue weighted by Crippen LogP contribution is 2.34. The highest BCUT2D eigenvalue weighted by atomic mass is 79.9. The number of nitrogens with zero attached hydrogens (tertiary/aromatic N) is 2. The Morgan fingerprint density at radius 1 is 1.33 bits per heavy atom. The first-order valence-corrected chi connectivity index (χ1v) is 10.3. The Morgan fingerprint density at radius 2 is 2.14 bits per heavy atom. The second-order valence-electron chi connectivity index (χ2n) is 5.60. The van der Waals surface area contributed by atoms with Crippen molar-refractivity contribution in [1.82, 2.24) is 9.21 Å². The third-order valence-electron chi connectivity index (χ3n) is 4.33. The number of nitrogens with two attached hydrogens (primary N) is 1. The molecule has 1 aromatic heterocycles. The van der Waals surface area contributed by atoms with Gasteiger partial charge in [-0.15, -0.1) is 11.3 Å². The van der Waals surface area contributed by atoms with Gasteiger partial charge in [-0.05, 0) is 41.4 Å². The number of halogens is 1. The molecule has 1 unspecified atom stereocenters. The van der Waals surface area contributed by atoms with E-state index >= 15 is 0 Å². The Morgan fingerprint density at radius 3 is 2.86 bits per heavy atom. The van der Waals surface area contributed by atoms with E-state index in [0.29, 0.717) is 34.4 Å². The minimum atomic E-state index is -3.42. The molecule has 3 rings (SSSR count). The fourth-order valence-corrected chi connectivity index (χ4v) is 7.14. The highest BCUT2D eigenvalue weighted by Gasteiger charge is 2.36. The molecule has 2 saturated heterocycles. The fraction of sp³-hybridized carbons (Fsp3) is 0.692. The summed E-state index contributed by atoms with van der Waals surface area (Å²) < 4.78 is 28.0. The van der Waals surface area contributed by atoms with Gasteiger partial charge in [-0.25, -0.2) is 8.42 Å². The molecule has 0 saturated carbocycles. The number of hydrogen-bond acceptors (Lipinski definition) is 5. The SMILES string of the molecule is NCc1cc(S(=O)(=O)N2CCN3CCCCC3C2)c(Br)s1. The van der Waals surface area contributed by atoms with E-state index in [2.05, 4.69) is 20.8 Å². The molecule has 1 aromatic rings. The molecule has 0 aliphatic carbocycles. The van der Waals surface area contributed by atoms with Crippen molar-refractivity contribution in [2.24, 2.45) is 5.73 Å². The van der Waals surface area contributed by atoms with Crippen molar-refractivity contribution in [3.8, 4) is 0 Å². The predicted molar refractivity (Wildman–Crippen MR) is 87.9 cm³/mol. The van der Waals surface area contributed by atoms with Crippen LogP contribution in [0.3, 0.4) is 0 Å². The van der Waals surface area contributed by atoms with E-state index in [0.717, 1.165) is 24.4 Å². The summed E-state index contributed by atoms with van der Waals surface area (Å²) >= 11 is 4.78. The van der Waals surface area contributed by atoms with Gasteiger partial charge in [-0.3, -0.25) is 4.90 Å². The van der Waals surface area contributed by atoms with E-state index in [9.17, 15) is 8.42 Å². The quantitative estimate of drug-likeness (QED) is 0.850. The number of hydrogen-bond donors (Lipinski definition) is 1. The second kappa shape index (κ2) is 6.25. The van der Waals surface area contributed by atoms with Gasteiger partial charge in [0.1, 0.15) is 4.90 Å². The number of rotatable bonds is 3. The maximum absolute atomic E-state index is 12.9. The standard InChI is InChI=1S/C13H20BrN3O2S2/c14-13-12(7-11(8-15)20-13)21(18,19)17-6-5-16-4-2-1-3-10(16)9-17/h7,10H,1-6,8-9,15H2. The first-order chi connectivity index (χ1) is 10.0. The molecule has 2 aliphatic heterocycles. The van der Waals surface area contributed by atoms with E-state index in [1.54, 1.807) is 10.4 Å². The van der Waals surface area contributed by atoms with Gasteiger partial charge in [0.2, 0.25) is 10.0 Å². The molecule has 0 amide bonds. The third kappa shape index (κ3) is 3.07. The largest absolute Gasteiger partial charge is 0.326 e. The van der Waals surface area contributed by atoms with Gasteiger partial charge in [-0.2, -0.15) is 4.31 Å². The normalized spacial score (nSPS) is 25.0. The van der Waals surface area contributed by atoms with Crippen LogP contribution in [0, 0.1) is 0 Å². The summed E-state index contributed by atoms with van der Waals surface area (Å²) in [5.74, 6) is 0. The highest BCUT2D eigenvalue weighted by molar-refractivity contribution is 9.11. The van der Waals surface area contributed by atoms with Gasteiger partial charge in [0.05, 0.1) is 3.79 Å². The molecule has 118 valence electrons. The first-order valence-electron chi connectivity index (χ1n) is 7.25. The van der Waals surface area contributed by atoms with Crippen LogP contribution in [0.2, 0.25) is 0 Å². The van der Waals surface area contributed by atoms with Crippen LogP contribution in [0.5, 0.6) is 0 Å². The minimum absolute atomic E-state index is 0.370. The zero-order valence-corrected chi connectivity index (χ0v) is 15.0. The Hall–Kier alpha value is 0.01000. The number of piperazine rings is 1. The van der Waals surface area contributed by atoms with Crippen LogP contribution in [0.25, 0.3) is 0 Å². The second-order valence-corrected chi connectivity index (χ2v) is 9.96. The number of piperidine rings is 1. The summed E-state index contributed by atoms with van der Waals surface area (Å²) in [7, 11) is -3.42. The summed E-state index contributed by atoms with van der Waals surface area (Å²) in [6.07, 6.45) is 3.54. The Labute approximate surface area is 138 Å². The maximum Gasteiger partial charge on any atom is 0.245 e. The summed E-state index contributed by atoms with van der Waals surface area (Å²) in [5, 5.41) is 0. The molecule has 0 spiro atoms. The van der Waals surface area contributed by atoms with Gasteiger partial charge in [0.25, 0.3) is 0 Å². The van der Waals surface area contributed by atoms with Gasteiger partial charge >= 0.3 is 0 Å². The van der Waals surface area contributed by atoms with Crippen LogP contribution in [-0.4, -0.2) is 49.8 Å². The van der Waals surface area contributed by atoms with E-state index in [1.165, 1.54) is 24.2 Å². The minimum Gasteiger partial charge on any atom is -0.326 e. The van der Waals surface area contributed by atoms with Crippen molar-refractivity contribution in [1.29, 1.82) is 0 Å². The van der Waals surface area contributed by atoms with Crippen LogP contribution >= 0.6 is 27.3 Å². The van der Waals surface area contributed by atoms with Crippen LogP contribution in [0.15, 0.2) is 14.7 Å². The Kier molecular flexibility index (Phi) is 4.73. The average molecular weight is 394 g/mol. The van der Waals surface area contributed by atoms with Gasteiger partial charge in [-0.1, -0.05) is 6.42 Å². The lowest BCUT2D eigenvalue weighted by atomic mass is 10.0. The average Bonchev–Trinajstić information content (AvgIpc) is 2.88. The van der Waals surface area contributed by atoms with E-state index in [-0.39, 0.29) is 0 Å². The molecule has 0 aromatic carbocycles. The van der Waals surface area contributed by atoms with Crippen LogP contribution in [-0.2, 0) is 16.6 Å². The van der Waals surface area contributed by atoms with E-state index in [4.69, 9.17) is 5.73 Å². The smallest absolute Gasteiger partial charge is 0.245 e. The predicted octanol–water partition coefficient (Wildman–Crippen LogP) is 1.83. The zero-order valence-electron chi connectivity index (χ0n) is 11.8. The molecule has 2 N–H and O–H groups in total. The van der Waals surface area contributed by atoms with Crippen molar-refractivity contribution in [3.05, 3.63) is 14.7 Å². The number of fused-ring (bicyclic) bond motifs is 1. The molecular weight excluding hydrogens is 374 g/mol. The van der Waals surface area contributed by atoms with Crippen molar-refractivity contribution < 1.29 is 8.42 Å². The molecule has 1 atom stereocenters. The lowest BCUT2D eigenvalue weighted by Crippen LogP contribution is -2.56. The zero-order chi connectivity index (χ0) is 15.0. The summed E-state index contributed by atoms with van der Waals surface area (Å²) in [6.45, 7) is 3.52. The summed E-state index contributed by atoms with van der Waals surface area (Å²) in [5.41, 5.74) is 5.62. The lowest BCUT2D eigenvalue weighted by molar-refractivity contribution is 0.0851. The van der Waals surface area contributed by atoms with Gasteiger partial charge < -0.3 is 5.73 Å². The van der Waals surface area contributed by atoms with E-state index < -0.39 is 10.0 Å². The van der Waals surface area contributed by atoms with Crippen LogP contribution < -0.4 is 5.73 Å². The molecule has 21 heavy (non-hydrogen) atoms. The molecule has 2 fully saturated rings. The molecule has 5 nitrogen and oxygen atoms in total. The van der Waals surface area contributed by atoms with Crippen LogP contribution in [0.1, 0.15) is 24.1 Å². The molecule has 0 bridgehead atoms. The Bertz CT molecular complexity index is 617. The molecule has 2 aliphatic rings. The van der Waals surface area contributed by atoms with Crippen molar-refractivity contribution in [2.45, 2.75) is 36.7 Å².